The van der Waals surface area contributed by atoms with Crippen molar-refractivity contribution in [1.29, 1.82) is 0 Å². The van der Waals surface area contributed by atoms with Gasteiger partial charge in [0.2, 0.25) is 0 Å². The molecule has 0 aromatic carbocycles. The number of hydrogen-bond acceptors (Lipinski definition) is 4. The van der Waals surface area contributed by atoms with E-state index in [4.69, 9.17) is 9.05 Å². The van der Waals surface area contributed by atoms with Gasteiger partial charge < -0.3 is 13.9 Å². The van der Waals surface area contributed by atoms with Crippen molar-refractivity contribution in [3.05, 3.63) is 0 Å². The summed E-state index contributed by atoms with van der Waals surface area (Å²) in [6.07, 6.45) is 10.6. The van der Waals surface area contributed by atoms with Crippen LogP contribution >= 0.6 is 7.82 Å². The molecule has 0 bridgehead atoms. The number of hydrogen-bond donors (Lipinski definition) is 0. The Kier molecular flexibility index (Phi) is 18.3. The zero-order valence-electron chi connectivity index (χ0n) is 12.9. The van der Waals surface area contributed by atoms with Crippen LogP contribution in [0.15, 0.2) is 0 Å². The van der Waals surface area contributed by atoms with Gasteiger partial charge in [0.1, 0.15) is 0 Å². The largest absolute Gasteiger partial charge is 2.00 e. The molecular formula is C14H30CoO4P+. The molecule has 0 unspecified atom stereocenters. The third-order valence-corrected chi connectivity index (χ3v) is 3.99. The van der Waals surface area contributed by atoms with Crippen LogP contribution in [0.1, 0.15) is 78.1 Å². The molecule has 0 spiro atoms. The Labute approximate surface area is 134 Å². The molecular weight excluding hydrogens is 322 g/mol. The van der Waals surface area contributed by atoms with Crippen LogP contribution in [0.25, 0.3) is 0 Å². The van der Waals surface area contributed by atoms with E-state index < -0.39 is 7.82 Å². The number of unbranched alkanes of at least 4 members (excludes halogenated alkanes) is 8. The topological polar surface area (TPSA) is 58.6 Å². The Morgan fingerprint density at radius 1 is 0.750 bits per heavy atom. The Morgan fingerprint density at radius 3 is 1.45 bits per heavy atom. The van der Waals surface area contributed by atoms with Gasteiger partial charge in [0.25, 0.3) is 7.82 Å². The maximum absolute atomic E-state index is 11.4. The molecule has 0 N–H and O–H groups in total. The summed E-state index contributed by atoms with van der Waals surface area (Å²) in [5.74, 6) is 0. The number of rotatable bonds is 14. The van der Waals surface area contributed by atoms with Crippen LogP contribution in [0, 0.1) is 0 Å². The van der Waals surface area contributed by atoms with Crippen molar-refractivity contribution < 1.29 is 35.3 Å². The van der Waals surface area contributed by atoms with Crippen LogP contribution < -0.4 is 4.89 Å². The van der Waals surface area contributed by atoms with Crippen LogP contribution in [0.5, 0.6) is 0 Å². The smallest absolute Gasteiger partial charge is 0.756 e. The van der Waals surface area contributed by atoms with Crippen molar-refractivity contribution in [3.63, 3.8) is 0 Å². The van der Waals surface area contributed by atoms with E-state index in [1.54, 1.807) is 0 Å². The van der Waals surface area contributed by atoms with Gasteiger partial charge in [0.05, 0.1) is 13.2 Å². The third-order valence-electron chi connectivity index (χ3n) is 2.99. The first kappa shape index (κ1) is 22.9. The Hall–Kier alpha value is 0.616. The van der Waals surface area contributed by atoms with Crippen LogP contribution in [-0.4, -0.2) is 13.2 Å². The van der Waals surface area contributed by atoms with Crippen molar-refractivity contribution >= 4 is 7.82 Å². The van der Waals surface area contributed by atoms with Gasteiger partial charge in [-0.15, -0.1) is 0 Å². The SMILES string of the molecule is CCCCCCCOP(=O)([O-])OCCCCCCC.[Co+2]. The molecule has 0 amide bonds. The quantitative estimate of drug-likeness (QED) is 0.343. The average molecular weight is 352 g/mol. The monoisotopic (exact) mass is 352 g/mol. The summed E-state index contributed by atoms with van der Waals surface area (Å²) >= 11 is 0. The zero-order valence-corrected chi connectivity index (χ0v) is 14.8. The van der Waals surface area contributed by atoms with Crippen molar-refractivity contribution in [2.24, 2.45) is 0 Å². The van der Waals surface area contributed by atoms with Crippen molar-refractivity contribution in [1.82, 2.24) is 0 Å². The summed E-state index contributed by atoms with van der Waals surface area (Å²) < 4.78 is 21.0. The molecule has 0 aliphatic rings. The molecule has 20 heavy (non-hydrogen) atoms. The molecule has 0 aromatic rings. The number of phosphoric ester groups is 1. The molecule has 0 aliphatic carbocycles. The Balaban J connectivity index is 0. The first-order valence-electron chi connectivity index (χ1n) is 7.72. The fourth-order valence-electron chi connectivity index (χ4n) is 1.80. The summed E-state index contributed by atoms with van der Waals surface area (Å²) in [4.78, 5) is 11.4. The van der Waals surface area contributed by atoms with Gasteiger partial charge in [-0.3, -0.25) is 4.57 Å². The molecule has 0 saturated heterocycles. The second-order valence-electron chi connectivity index (χ2n) is 4.94. The first-order valence-corrected chi connectivity index (χ1v) is 9.18. The van der Waals surface area contributed by atoms with Crippen LogP contribution in [0.3, 0.4) is 0 Å². The second-order valence-corrected chi connectivity index (χ2v) is 6.35. The maximum atomic E-state index is 11.4. The fraction of sp³-hybridized carbons (Fsp3) is 1.00. The molecule has 0 aliphatic heterocycles. The predicted molar refractivity (Wildman–Crippen MR) is 77.0 cm³/mol. The maximum Gasteiger partial charge on any atom is 2.00 e. The van der Waals surface area contributed by atoms with E-state index in [1.807, 2.05) is 0 Å². The van der Waals surface area contributed by atoms with E-state index in [0.717, 1.165) is 38.5 Å². The van der Waals surface area contributed by atoms with Crippen LogP contribution in [0.2, 0.25) is 0 Å². The molecule has 0 fully saturated rings. The van der Waals surface area contributed by atoms with Crippen molar-refractivity contribution in [2.75, 3.05) is 13.2 Å². The normalized spacial score (nSPS) is 11.3. The molecule has 0 rings (SSSR count). The van der Waals surface area contributed by atoms with E-state index in [0.29, 0.717) is 0 Å². The summed E-state index contributed by atoms with van der Waals surface area (Å²) in [5, 5.41) is 0. The van der Waals surface area contributed by atoms with Gasteiger partial charge in [0, 0.05) is 0 Å². The van der Waals surface area contributed by atoms with Gasteiger partial charge >= 0.3 is 16.8 Å². The predicted octanol–water partition coefficient (Wildman–Crippen LogP) is 4.43. The summed E-state index contributed by atoms with van der Waals surface area (Å²) in [6, 6.07) is 0. The third kappa shape index (κ3) is 16.7. The Morgan fingerprint density at radius 2 is 1.10 bits per heavy atom. The van der Waals surface area contributed by atoms with Gasteiger partial charge in [-0.05, 0) is 12.8 Å². The zero-order chi connectivity index (χ0) is 14.4. The van der Waals surface area contributed by atoms with E-state index in [2.05, 4.69) is 13.8 Å². The Bertz CT molecular complexity index is 219. The minimum Gasteiger partial charge on any atom is -0.756 e. The molecule has 1 radical (unpaired) electrons. The van der Waals surface area contributed by atoms with E-state index in [-0.39, 0.29) is 30.0 Å². The second kappa shape index (κ2) is 16.0. The van der Waals surface area contributed by atoms with Crippen molar-refractivity contribution in [3.8, 4) is 0 Å². The molecule has 4 nitrogen and oxygen atoms in total. The fourth-order valence-corrected chi connectivity index (χ4v) is 2.58. The van der Waals surface area contributed by atoms with Gasteiger partial charge in [0.15, 0.2) is 0 Å². The molecule has 0 atom stereocenters. The molecule has 6 heteroatoms. The van der Waals surface area contributed by atoms with E-state index in [9.17, 15) is 9.46 Å². The van der Waals surface area contributed by atoms with Gasteiger partial charge in [-0.25, -0.2) is 0 Å². The average Bonchev–Trinajstić information content (AvgIpc) is 2.38. The summed E-state index contributed by atoms with van der Waals surface area (Å²) in [6.45, 7) is 4.80. The minimum atomic E-state index is -4.05. The van der Waals surface area contributed by atoms with Gasteiger partial charge in [-0.2, -0.15) is 0 Å². The van der Waals surface area contributed by atoms with Gasteiger partial charge in [-0.1, -0.05) is 65.2 Å². The standard InChI is InChI=1S/C14H31O4P.Co/c1-3-5-7-9-11-13-17-19(15,16)18-14-12-10-8-6-4-2;/h3-14H2,1-2H3,(H,15,16);/q;+2/p-1. The molecule has 123 valence electrons. The summed E-state index contributed by atoms with van der Waals surface area (Å²) in [7, 11) is -4.05. The van der Waals surface area contributed by atoms with E-state index >= 15 is 0 Å². The van der Waals surface area contributed by atoms with Crippen LogP contribution in [-0.2, 0) is 30.4 Å². The molecule has 0 aromatic heterocycles. The van der Waals surface area contributed by atoms with E-state index in [1.165, 1.54) is 25.7 Å². The first-order chi connectivity index (χ1) is 9.12. The summed E-state index contributed by atoms with van der Waals surface area (Å²) in [5.41, 5.74) is 0. The molecule has 0 saturated carbocycles. The minimum absolute atomic E-state index is 0. The van der Waals surface area contributed by atoms with Crippen LogP contribution in [0.4, 0.5) is 0 Å². The van der Waals surface area contributed by atoms with Crippen molar-refractivity contribution in [2.45, 2.75) is 78.1 Å². The molecule has 0 heterocycles. The number of phosphoric acid groups is 1.